The minimum atomic E-state index is -2.70. The summed E-state index contributed by atoms with van der Waals surface area (Å²) in [5.74, 6) is -2.70. The largest absolute Gasteiger partial charge is 0.310 e. The van der Waals surface area contributed by atoms with Crippen molar-refractivity contribution >= 4 is 0 Å². The molecule has 1 nitrogen and oxygen atoms in total. The second kappa shape index (κ2) is 5.39. The first-order valence-corrected chi connectivity index (χ1v) is 5.66. The second-order valence-electron chi connectivity index (χ2n) is 4.29. The molecule has 0 saturated carbocycles. The zero-order valence-electron chi connectivity index (χ0n) is 10.1. The average molecular weight is 227 g/mol. The predicted octanol–water partition coefficient (Wildman–Crippen LogP) is 3.69. The summed E-state index contributed by atoms with van der Waals surface area (Å²) in [6, 6.07) is 6.95. The predicted molar refractivity (Wildman–Crippen MR) is 62.6 cm³/mol. The fourth-order valence-corrected chi connectivity index (χ4v) is 1.39. The Morgan fingerprint density at radius 1 is 1.19 bits per heavy atom. The van der Waals surface area contributed by atoms with Crippen molar-refractivity contribution < 1.29 is 8.78 Å². The number of hydrogen-bond donors (Lipinski definition) is 1. The van der Waals surface area contributed by atoms with Gasteiger partial charge in [-0.2, -0.15) is 0 Å². The maximum atomic E-state index is 13.3. The molecule has 0 heterocycles. The third-order valence-corrected chi connectivity index (χ3v) is 2.53. The minimum Gasteiger partial charge on any atom is -0.310 e. The number of benzene rings is 1. The first-order chi connectivity index (χ1) is 7.45. The quantitative estimate of drug-likeness (QED) is 0.809. The van der Waals surface area contributed by atoms with Gasteiger partial charge in [0.2, 0.25) is 0 Å². The van der Waals surface area contributed by atoms with Gasteiger partial charge in [-0.05, 0) is 5.56 Å². The first-order valence-electron chi connectivity index (χ1n) is 5.66. The van der Waals surface area contributed by atoms with E-state index in [1.165, 1.54) is 19.1 Å². The van der Waals surface area contributed by atoms with Crippen LogP contribution in [0.1, 0.15) is 38.3 Å². The molecule has 0 fully saturated rings. The normalized spacial score (nSPS) is 12.1. The van der Waals surface area contributed by atoms with Gasteiger partial charge in [0, 0.05) is 24.6 Å². The van der Waals surface area contributed by atoms with E-state index >= 15 is 0 Å². The van der Waals surface area contributed by atoms with Crippen molar-refractivity contribution in [1.82, 2.24) is 5.32 Å². The highest BCUT2D eigenvalue weighted by atomic mass is 19.3. The Kier molecular flexibility index (Phi) is 4.42. The molecule has 1 aromatic rings. The van der Waals surface area contributed by atoms with Crippen LogP contribution < -0.4 is 5.32 Å². The van der Waals surface area contributed by atoms with E-state index < -0.39 is 5.92 Å². The molecule has 0 amide bonds. The molecule has 0 spiro atoms. The van der Waals surface area contributed by atoms with Gasteiger partial charge in [0.15, 0.2) is 0 Å². The summed E-state index contributed by atoms with van der Waals surface area (Å²) in [5.41, 5.74) is 1.13. The van der Waals surface area contributed by atoms with Crippen molar-refractivity contribution in [2.75, 3.05) is 0 Å². The van der Waals surface area contributed by atoms with Gasteiger partial charge in [0.05, 0.1) is 0 Å². The summed E-state index contributed by atoms with van der Waals surface area (Å²) in [4.78, 5) is 0. The van der Waals surface area contributed by atoms with E-state index in [1.807, 2.05) is 0 Å². The van der Waals surface area contributed by atoms with Crippen molar-refractivity contribution in [3.63, 3.8) is 0 Å². The standard InChI is InChI=1S/C13H19F2N/c1-4-13(14,15)12-7-5-11(6-8-12)9-16-10(2)3/h5-8,10,16H,4,9H2,1-3H3. The van der Waals surface area contributed by atoms with Crippen molar-refractivity contribution in [3.05, 3.63) is 35.4 Å². The smallest absolute Gasteiger partial charge is 0.273 e. The van der Waals surface area contributed by atoms with Crippen molar-refractivity contribution in [2.45, 2.75) is 45.7 Å². The molecule has 0 aliphatic rings. The Morgan fingerprint density at radius 2 is 1.75 bits per heavy atom. The fraction of sp³-hybridized carbons (Fsp3) is 0.538. The molecule has 1 aromatic carbocycles. The van der Waals surface area contributed by atoms with Gasteiger partial charge in [0.25, 0.3) is 5.92 Å². The molecule has 3 heteroatoms. The van der Waals surface area contributed by atoms with Crippen molar-refractivity contribution in [2.24, 2.45) is 0 Å². The van der Waals surface area contributed by atoms with E-state index in [4.69, 9.17) is 0 Å². The number of halogens is 2. The second-order valence-corrected chi connectivity index (χ2v) is 4.29. The number of nitrogens with one attached hydrogen (secondary N) is 1. The molecule has 0 bridgehead atoms. The summed E-state index contributed by atoms with van der Waals surface area (Å²) in [5, 5.41) is 3.25. The van der Waals surface area contributed by atoms with E-state index in [2.05, 4.69) is 19.2 Å². The number of rotatable bonds is 5. The van der Waals surface area contributed by atoms with E-state index in [0.29, 0.717) is 6.04 Å². The van der Waals surface area contributed by atoms with Crippen LogP contribution in [-0.4, -0.2) is 6.04 Å². The Labute approximate surface area is 95.9 Å². The summed E-state index contributed by atoms with van der Waals surface area (Å²) >= 11 is 0. The van der Waals surface area contributed by atoms with Gasteiger partial charge in [-0.3, -0.25) is 0 Å². The maximum Gasteiger partial charge on any atom is 0.273 e. The van der Waals surface area contributed by atoms with Gasteiger partial charge in [-0.15, -0.1) is 0 Å². The van der Waals surface area contributed by atoms with Crippen LogP contribution in [0, 0.1) is 0 Å². The van der Waals surface area contributed by atoms with E-state index in [1.54, 1.807) is 12.1 Å². The SMILES string of the molecule is CCC(F)(F)c1ccc(CNC(C)C)cc1. The summed E-state index contributed by atoms with van der Waals surface area (Å²) in [7, 11) is 0. The lowest BCUT2D eigenvalue weighted by molar-refractivity contribution is -0.00829. The summed E-state index contributed by atoms with van der Waals surface area (Å²) in [6.07, 6.45) is -0.156. The van der Waals surface area contributed by atoms with Crippen molar-refractivity contribution in [1.29, 1.82) is 0 Å². The molecule has 0 atom stereocenters. The lowest BCUT2D eigenvalue weighted by Crippen LogP contribution is -2.21. The molecule has 0 aliphatic heterocycles. The molecular weight excluding hydrogens is 208 g/mol. The van der Waals surface area contributed by atoms with Crippen LogP contribution in [0.25, 0.3) is 0 Å². The van der Waals surface area contributed by atoms with Crippen LogP contribution in [0.4, 0.5) is 8.78 Å². The Bertz CT molecular complexity index is 317. The van der Waals surface area contributed by atoms with Crippen LogP contribution >= 0.6 is 0 Å². The van der Waals surface area contributed by atoms with E-state index in [0.717, 1.165) is 12.1 Å². The van der Waals surface area contributed by atoms with Crippen LogP contribution in [0.15, 0.2) is 24.3 Å². The van der Waals surface area contributed by atoms with Crippen LogP contribution in [-0.2, 0) is 12.5 Å². The van der Waals surface area contributed by atoms with Gasteiger partial charge in [0.1, 0.15) is 0 Å². The lowest BCUT2D eigenvalue weighted by atomic mass is 10.0. The molecule has 0 saturated heterocycles. The van der Waals surface area contributed by atoms with Gasteiger partial charge in [-0.25, -0.2) is 8.78 Å². The maximum absolute atomic E-state index is 13.3. The first kappa shape index (κ1) is 13.1. The third kappa shape index (κ3) is 3.56. The molecule has 16 heavy (non-hydrogen) atoms. The molecule has 0 aromatic heterocycles. The zero-order chi connectivity index (χ0) is 12.2. The Hall–Kier alpha value is -0.960. The molecule has 1 rings (SSSR count). The highest BCUT2D eigenvalue weighted by Gasteiger charge is 2.28. The van der Waals surface area contributed by atoms with E-state index in [-0.39, 0.29) is 12.0 Å². The number of alkyl halides is 2. The van der Waals surface area contributed by atoms with Gasteiger partial charge < -0.3 is 5.32 Å². The molecular formula is C13H19F2N. The third-order valence-electron chi connectivity index (χ3n) is 2.53. The molecule has 90 valence electrons. The molecule has 0 aliphatic carbocycles. The topological polar surface area (TPSA) is 12.0 Å². The Balaban J connectivity index is 2.68. The van der Waals surface area contributed by atoms with Gasteiger partial charge >= 0.3 is 0 Å². The Morgan fingerprint density at radius 3 is 2.19 bits per heavy atom. The molecule has 0 radical (unpaired) electrons. The van der Waals surface area contributed by atoms with E-state index in [9.17, 15) is 8.78 Å². The molecule has 1 N–H and O–H groups in total. The minimum absolute atomic E-state index is 0.100. The molecule has 0 unspecified atom stereocenters. The average Bonchev–Trinajstić information content (AvgIpc) is 2.27. The lowest BCUT2D eigenvalue weighted by Gasteiger charge is -2.15. The fourth-order valence-electron chi connectivity index (χ4n) is 1.39. The highest BCUT2D eigenvalue weighted by molar-refractivity contribution is 5.25. The number of hydrogen-bond acceptors (Lipinski definition) is 1. The van der Waals surface area contributed by atoms with Crippen LogP contribution in [0.2, 0.25) is 0 Å². The van der Waals surface area contributed by atoms with Crippen LogP contribution in [0.3, 0.4) is 0 Å². The monoisotopic (exact) mass is 227 g/mol. The summed E-state index contributed by atoms with van der Waals surface area (Å²) in [6.45, 7) is 6.32. The van der Waals surface area contributed by atoms with Crippen molar-refractivity contribution in [3.8, 4) is 0 Å². The zero-order valence-corrected chi connectivity index (χ0v) is 10.1. The van der Waals surface area contributed by atoms with Gasteiger partial charge in [-0.1, -0.05) is 45.0 Å². The highest BCUT2D eigenvalue weighted by Crippen LogP contribution is 2.31. The summed E-state index contributed by atoms with van der Waals surface area (Å²) < 4.78 is 26.6. The van der Waals surface area contributed by atoms with Crippen LogP contribution in [0.5, 0.6) is 0 Å².